The molecule has 0 bridgehead atoms. The van der Waals surface area contributed by atoms with Gasteiger partial charge in [-0.05, 0) is 50.3 Å². The fourth-order valence-corrected chi connectivity index (χ4v) is 5.00. The zero-order valence-corrected chi connectivity index (χ0v) is 19.3. The Hall–Kier alpha value is -2.71. The molecule has 160 valence electrons. The number of benzene rings is 2. The highest BCUT2D eigenvalue weighted by atomic mass is 32.2. The monoisotopic (exact) mass is 452 g/mol. The van der Waals surface area contributed by atoms with Gasteiger partial charge in [0.15, 0.2) is 16.3 Å². The van der Waals surface area contributed by atoms with Crippen LogP contribution in [0.2, 0.25) is 0 Å². The Morgan fingerprint density at radius 3 is 2.19 bits per heavy atom. The van der Waals surface area contributed by atoms with E-state index in [1.165, 1.54) is 32.4 Å². The third-order valence-corrected chi connectivity index (χ3v) is 7.12. The molecule has 0 spiro atoms. The fraction of sp³-hybridized carbons (Fsp3) is 0.261. The summed E-state index contributed by atoms with van der Waals surface area (Å²) in [6.45, 7) is 4.77. The first kappa shape index (κ1) is 21.5. The second-order valence-electron chi connectivity index (χ2n) is 7.47. The molecule has 0 fully saturated rings. The first-order valence-corrected chi connectivity index (χ1v) is 11.9. The van der Waals surface area contributed by atoms with Crippen LogP contribution < -0.4 is 11.2 Å². The minimum absolute atomic E-state index is 0.396. The molecule has 0 aliphatic rings. The number of hydrogen-bond acceptors (Lipinski definition) is 5. The second kappa shape index (κ2) is 9.20. The highest BCUT2D eigenvalue weighted by Crippen LogP contribution is 2.29. The van der Waals surface area contributed by atoms with Crippen LogP contribution in [-0.4, -0.2) is 24.9 Å². The number of fused-ring (bicyclic) bond motifs is 1. The van der Waals surface area contributed by atoms with Crippen LogP contribution in [0, 0.1) is 13.8 Å². The summed E-state index contributed by atoms with van der Waals surface area (Å²) in [5, 5.41) is 0.714. The third-order valence-electron chi connectivity index (χ3n) is 5.02. The van der Waals surface area contributed by atoms with Crippen molar-refractivity contribution in [3.05, 3.63) is 80.5 Å². The molecule has 0 saturated carbocycles. The van der Waals surface area contributed by atoms with E-state index in [1.807, 2.05) is 23.6 Å². The van der Waals surface area contributed by atoms with Crippen LogP contribution in [0.3, 0.4) is 0 Å². The van der Waals surface area contributed by atoms with E-state index >= 15 is 0 Å². The molecule has 0 amide bonds. The van der Waals surface area contributed by atoms with Crippen LogP contribution in [0.25, 0.3) is 11.2 Å². The summed E-state index contributed by atoms with van der Waals surface area (Å²) in [6, 6.07) is 16.7. The maximum atomic E-state index is 12.6. The Bertz CT molecular complexity index is 1320. The van der Waals surface area contributed by atoms with Gasteiger partial charge in [-0.3, -0.25) is 14.3 Å². The molecule has 0 atom stereocenters. The minimum Gasteiger partial charge on any atom is -0.313 e. The molecule has 0 saturated heterocycles. The van der Waals surface area contributed by atoms with Gasteiger partial charge >= 0.3 is 5.69 Å². The Balaban J connectivity index is 1.61. The van der Waals surface area contributed by atoms with Crippen molar-refractivity contribution in [2.45, 2.75) is 41.8 Å². The molecule has 4 rings (SSSR count). The van der Waals surface area contributed by atoms with Crippen LogP contribution in [-0.2, 0) is 13.6 Å². The molecule has 0 aliphatic carbocycles. The summed E-state index contributed by atoms with van der Waals surface area (Å²) in [7, 11) is 1.63. The van der Waals surface area contributed by atoms with Crippen molar-refractivity contribution < 1.29 is 0 Å². The number of nitrogens with one attached hydrogen (secondary N) is 1. The number of hydrogen-bond donors (Lipinski definition) is 1. The van der Waals surface area contributed by atoms with Crippen LogP contribution >= 0.6 is 23.5 Å². The van der Waals surface area contributed by atoms with E-state index in [9.17, 15) is 9.59 Å². The minimum atomic E-state index is -0.455. The van der Waals surface area contributed by atoms with E-state index in [-0.39, 0.29) is 0 Å². The van der Waals surface area contributed by atoms with Gasteiger partial charge in [0.25, 0.3) is 5.56 Å². The third kappa shape index (κ3) is 4.80. The fourth-order valence-electron chi connectivity index (χ4n) is 3.26. The average Bonchev–Trinajstić information content (AvgIpc) is 3.11. The van der Waals surface area contributed by atoms with Gasteiger partial charge in [-0.1, -0.05) is 47.2 Å². The smallest absolute Gasteiger partial charge is 0.313 e. The summed E-state index contributed by atoms with van der Waals surface area (Å²) < 4.78 is 3.33. The molecule has 31 heavy (non-hydrogen) atoms. The SMILES string of the molecule is Cc1ccc(SCCCn2c(Sc3ccc(C)cc3)nc3c2c(=O)[nH]c(=O)n3C)cc1. The normalized spacial score (nSPS) is 11.3. The Kier molecular flexibility index (Phi) is 6.38. The van der Waals surface area contributed by atoms with Crippen molar-refractivity contribution in [3.8, 4) is 0 Å². The zero-order chi connectivity index (χ0) is 22.0. The van der Waals surface area contributed by atoms with Gasteiger partial charge in [-0.15, -0.1) is 11.8 Å². The van der Waals surface area contributed by atoms with E-state index < -0.39 is 11.2 Å². The number of aromatic nitrogens is 4. The van der Waals surface area contributed by atoms with E-state index in [2.05, 4.69) is 53.3 Å². The van der Waals surface area contributed by atoms with Crippen molar-refractivity contribution in [2.24, 2.45) is 7.05 Å². The summed E-state index contributed by atoms with van der Waals surface area (Å²) in [5.74, 6) is 0.918. The lowest BCUT2D eigenvalue weighted by molar-refractivity contribution is 0.640. The highest BCUT2D eigenvalue weighted by Gasteiger charge is 2.18. The summed E-state index contributed by atoms with van der Waals surface area (Å²) in [4.78, 5) is 34.0. The molecule has 0 radical (unpaired) electrons. The number of rotatable bonds is 7. The first-order valence-electron chi connectivity index (χ1n) is 10.1. The molecule has 0 unspecified atom stereocenters. The molecule has 6 nitrogen and oxygen atoms in total. The molecular formula is C23H24N4O2S2. The molecule has 1 N–H and O–H groups in total. The van der Waals surface area contributed by atoms with Crippen LogP contribution in [0.4, 0.5) is 0 Å². The molecule has 0 aliphatic heterocycles. The topological polar surface area (TPSA) is 72.7 Å². The average molecular weight is 453 g/mol. The number of H-pyrrole nitrogens is 1. The lowest BCUT2D eigenvalue weighted by Crippen LogP contribution is -2.29. The molecule has 2 aromatic carbocycles. The quantitative estimate of drug-likeness (QED) is 0.333. The van der Waals surface area contributed by atoms with E-state index in [0.717, 1.165) is 17.1 Å². The number of aromatic amines is 1. The lowest BCUT2D eigenvalue weighted by Gasteiger charge is -2.09. The maximum Gasteiger partial charge on any atom is 0.329 e. The van der Waals surface area contributed by atoms with Crippen molar-refractivity contribution >= 4 is 34.7 Å². The maximum absolute atomic E-state index is 12.6. The van der Waals surface area contributed by atoms with Gasteiger partial charge < -0.3 is 4.57 Å². The Morgan fingerprint density at radius 1 is 0.935 bits per heavy atom. The zero-order valence-electron chi connectivity index (χ0n) is 17.7. The molecule has 8 heteroatoms. The van der Waals surface area contributed by atoms with E-state index in [1.54, 1.807) is 18.8 Å². The molecule has 2 aromatic heterocycles. The van der Waals surface area contributed by atoms with Gasteiger partial charge in [-0.2, -0.15) is 0 Å². The van der Waals surface area contributed by atoms with Crippen molar-refractivity contribution in [1.82, 2.24) is 19.1 Å². The van der Waals surface area contributed by atoms with Gasteiger partial charge in [0.1, 0.15) is 0 Å². The molecule has 2 heterocycles. The highest BCUT2D eigenvalue weighted by molar-refractivity contribution is 7.99. The van der Waals surface area contributed by atoms with Gasteiger partial charge in [0.05, 0.1) is 0 Å². The summed E-state index contributed by atoms with van der Waals surface area (Å²) in [5.41, 5.74) is 2.43. The standard InChI is InChI=1S/C23H24N4O2S2/c1-15-5-9-17(10-6-15)30-14-4-13-27-19-20(26(3)22(29)25-21(19)28)24-23(27)31-18-11-7-16(2)8-12-18/h5-12H,4,13-14H2,1-3H3,(H,25,28,29). The van der Waals surface area contributed by atoms with Crippen molar-refractivity contribution in [3.63, 3.8) is 0 Å². The van der Waals surface area contributed by atoms with Crippen LogP contribution in [0.5, 0.6) is 0 Å². The van der Waals surface area contributed by atoms with Gasteiger partial charge in [0.2, 0.25) is 0 Å². The van der Waals surface area contributed by atoms with Crippen molar-refractivity contribution in [1.29, 1.82) is 0 Å². The summed E-state index contributed by atoms with van der Waals surface area (Å²) >= 11 is 3.30. The van der Waals surface area contributed by atoms with E-state index in [0.29, 0.717) is 22.9 Å². The number of aryl methyl sites for hydroxylation is 4. The van der Waals surface area contributed by atoms with Crippen molar-refractivity contribution in [2.75, 3.05) is 5.75 Å². The summed E-state index contributed by atoms with van der Waals surface area (Å²) in [6.07, 6.45) is 0.869. The largest absolute Gasteiger partial charge is 0.329 e. The first-order chi connectivity index (χ1) is 14.9. The van der Waals surface area contributed by atoms with Crippen LogP contribution in [0.1, 0.15) is 17.5 Å². The van der Waals surface area contributed by atoms with Crippen LogP contribution in [0.15, 0.2) is 73.1 Å². The lowest BCUT2D eigenvalue weighted by atomic mass is 10.2. The number of thioether (sulfide) groups is 1. The Morgan fingerprint density at radius 2 is 1.55 bits per heavy atom. The Labute approximate surface area is 188 Å². The predicted molar refractivity (Wildman–Crippen MR) is 127 cm³/mol. The number of imidazole rings is 1. The molecular weight excluding hydrogens is 428 g/mol. The van der Waals surface area contributed by atoms with Gasteiger partial charge in [-0.25, -0.2) is 9.78 Å². The van der Waals surface area contributed by atoms with Gasteiger partial charge in [0, 0.05) is 23.4 Å². The van der Waals surface area contributed by atoms with E-state index in [4.69, 9.17) is 0 Å². The predicted octanol–water partition coefficient (Wildman–Crippen LogP) is 4.37. The second-order valence-corrected chi connectivity index (χ2v) is 9.68. The molecule has 4 aromatic rings. The number of nitrogens with zero attached hydrogens (tertiary/aromatic N) is 3.